The average Bonchev–Trinajstić information content (AvgIpc) is 2.47. The molecular formula is C16H14F3NO2. The molecule has 2 aromatic rings. The Morgan fingerprint density at radius 1 is 1.09 bits per heavy atom. The molecule has 0 aliphatic heterocycles. The minimum atomic E-state index is -4.43. The highest BCUT2D eigenvalue weighted by Crippen LogP contribution is 2.32. The van der Waals surface area contributed by atoms with Crippen molar-refractivity contribution in [2.45, 2.75) is 13.1 Å². The van der Waals surface area contributed by atoms with Crippen LogP contribution in [0.15, 0.2) is 48.5 Å². The number of carbonyl (C=O) groups excluding carboxylic acids is 1. The van der Waals surface area contributed by atoms with Crippen LogP contribution in [0.3, 0.4) is 0 Å². The third-order valence-electron chi connectivity index (χ3n) is 2.83. The summed E-state index contributed by atoms with van der Waals surface area (Å²) >= 11 is 0. The van der Waals surface area contributed by atoms with Crippen molar-refractivity contribution in [2.75, 3.05) is 6.54 Å². The van der Waals surface area contributed by atoms with Crippen LogP contribution in [0.5, 0.6) is 11.5 Å². The summed E-state index contributed by atoms with van der Waals surface area (Å²) < 4.78 is 43.4. The SMILES string of the molecule is CCNC(=O)c1cccc(Oc2cccc(C(F)(F)F)c2)c1. The van der Waals surface area contributed by atoms with Crippen molar-refractivity contribution < 1.29 is 22.7 Å². The van der Waals surface area contributed by atoms with E-state index in [1.54, 1.807) is 25.1 Å². The number of hydrogen-bond acceptors (Lipinski definition) is 2. The van der Waals surface area contributed by atoms with E-state index in [1.807, 2.05) is 0 Å². The van der Waals surface area contributed by atoms with Crippen molar-refractivity contribution in [3.8, 4) is 11.5 Å². The third kappa shape index (κ3) is 4.00. The summed E-state index contributed by atoms with van der Waals surface area (Å²) in [6.45, 7) is 2.28. The lowest BCUT2D eigenvalue weighted by atomic mass is 10.2. The fourth-order valence-electron chi connectivity index (χ4n) is 1.84. The zero-order chi connectivity index (χ0) is 16.2. The maximum absolute atomic E-state index is 12.7. The van der Waals surface area contributed by atoms with E-state index in [9.17, 15) is 18.0 Å². The van der Waals surface area contributed by atoms with Gasteiger partial charge in [-0.1, -0.05) is 12.1 Å². The zero-order valence-corrected chi connectivity index (χ0v) is 11.8. The Bertz CT molecular complexity index is 668. The van der Waals surface area contributed by atoms with Crippen LogP contribution in [-0.4, -0.2) is 12.5 Å². The molecule has 0 heterocycles. The van der Waals surface area contributed by atoms with Crippen LogP contribution < -0.4 is 10.1 Å². The van der Waals surface area contributed by atoms with Crippen LogP contribution in [0.4, 0.5) is 13.2 Å². The van der Waals surface area contributed by atoms with Gasteiger partial charge in [0, 0.05) is 12.1 Å². The number of hydrogen-bond donors (Lipinski definition) is 1. The van der Waals surface area contributed by atoms with E-state index in [0.29, 0.717) is 17.9 Å². The molecule has 0 atom stereocenters. The first-order valence-corrected chi connectivity index (χ1v) is 6.63. The van der Waals surface area contributed by atoms with Gasteiger partial charge in [-0.05, 0) is 43.3 Å². The Labute approximate surface area is 125 Å². The van der Waals surface area contributed by atoms with E-state index in [1.165, 1.54) is 18.2 Å². The van der Waals surface area contributed by atoms with Gasteiger partial charge in [0.05, 0.1) is 5.56 Å². The Morgan fingerprint density at radius 3 is 2.36 bits per heavy atom. The van der Waals surface area contributed by atoms with Crippen molar-refractivity contribution in [1.29, 1.82) is 0 Å². The van der Waals surface area contributed by atoms with Crippen molar-refractivity contribution in [1.82, 2.24) is 5.32 Å². The fraction of sp³-hybridized carbons (Fsp3) is 0.188. The molecule has 6 heteroatoms. The highest BCUT2D eigenvalue weighted by molar-refractivity contribution is 5.94. The molecule has 1 N–H and O–H groups in total. The lowest BCUT2D eigenvalue weighted by Gasteiger charge is -2.10. The molecule has 22 heavy (non-hydrogen) atoms. The van der Waals surface area contributed by atoms with E-state index in [4.69, 9.17) is 4.74 Å². The van der Waals surface area contributed by atoms with E-state index in [0.717, 1.165) is 12.1 Å². The molecule has 0 fully saturated rings. The highest BCUT2D eigenvalue weighted by Gasteiger charge is 2.30. The van der Waals surface area contributed by atoms with E-state index < -0.39 is 11.7 Å². The van der Waals surface area contributed by atoms with Gasteiger partial charge in [0.1, 0.15) is 11.5 Å². The first-order chi connectivity index (χ1) is 10.4. The molecule has 0 spiro atoms. The highest BCUT2D eigenvalue weighted by atomic mass is 19.4. The molecule has 0 radical (unpaired) electrons. The molecular weight excluding hydrogens is 295 g/mol. The van der Waals surface area contributed by atoms with E-state index in [2.05, 4.69) is 5.32 Å². The molecule has 3 nitrogen and oxygen atoms in total. The first kappa shape index (κ1) is 15.9. The van der Waals surface area contributed by atoms with E-state index in [-0.39, 0.29) is 11.7 Å². The Balaban J connectivity index is 2.21. The average molecular weight is 309 g/mol. The summed E-state index contributed by atoms with van der Waals surface area (Å²) in [7, 11) is 0. The van der Waals surface area contributed by atoms with Gasteiger partial charge in [0.2, 0.25) is 0 Å². The van der Waals surface area contributed by atoms with Gasteiger partial charge in [0.15, 0.2) is 0 Å². The van der Waals surface area contributed by atoms with Crippen molar-refractivity contribution in [2.24, 2.45) is 0 Å². The number of nitrogens with one attached hydrogen (secondary N) is 1. The van der Waals surface area contributed by atoms with Crippen LogP contribution in [0.1, 0.15) is 22.8 Å². The predicted octanol–water partition coefficient (Wildman–Crippen LogP) is 4.25. The van der Waals surface area contributed by atoms with Gasteiger partial charge in [-0.15, -0.1) is 0 Å². The van der Waals surface area contributed by atoms with Crippen molar-refractivity contribution >= 4 is 5.91 Å². The third-order valence-corrected chi connectivity index (χ3v) is 2.83. The molecule has 0 unspecified atom stereocenters. The van der Waals surface area contributed by atoms with Gasteiger partial charge >= 0.3 is 6.18 Å². The Kier molecular flexibility index (Phi) is 4.70. The summed E-state index contributed by atoms with van der Waals surface area (Å²) in [5.74, 6) is 0.0861. The molecule has 0 saturated heterocycles. The van der Waals surface area contributed by atoms with Crippen LogP contribution in [0.25, 0.3) is 0 Å². The number of halogens is 3. The number of ether oxygens (including phenoxy) is 1. The minimum Gasteiger partial charge on any atom is -0.457 e. The smallest absolute Gasteiger partial charge is 0.416 e. The topological polar surface area (TPSA) is 38.3 Å². The summed E-state index contributed by atoms with van der Waals surface area (Å²) in [5, 5.41) is 2.64. The quantitative estimate of drug-likeness (QED) is 0.917. The molecule has 2 rings (SSSR count). The monoisotopic (exact) mass is 309 g/mol. The van der Waals surface area contributed by atoms with Gasteiger partial charge in [0.25, 0.3) is 5.91 Å². The summed E-state index contributed by atoms with van der Waals surface area (Å²) in [6, 6.07) is 10.8. The largest absolute Gasteiger partial charge is 0.457 e. The lowest BCUT2D eigenvalue weighted by molar-refractivity contribution is -0.137. The standard InChI is InChI=1S/C16H14F3NO2/c1-2-20-15(21)11-5-3-7-13(9-11)22-14-8-4-6-12(10-14)16(17,18)19/h3-10H,2H2,1H3,(H,20,21). The lowest BCUT2D eigenvalue weighted by Crippen LogP contribution is -2.22. The van der Waals surface area contributed by atoms with E-state index >= 15 is 0 Å². The molecule has 0 bridgehead atoms. The second-order valence-corrected chi connectivity index (χ2v) is 4.51. The molecule has 116 valence electrons. The number of alkyl halides is 3. The van der Waals surface area contributed by atoms with Crippen LogP contribution in [0, 0.1) is 0 Å². The Morgan fingerprint density at radius 2 is 1.73 bits per heavy atom. The predicted molar refractivity (Wildman–Crippen MR) is 76.0 cm³/mol. The molecule has 0 aliphatic rings. The van der Waals surface area contributed by atoms with Gasteiger partial charge in [-0.3, -0.25) is 4.79 Å². The first-order valence-electron chi connectivity index (χ1n) is 6.63. The number of rotatable bonds is 4. The number of benzene rings is 2. The molecule has 1 amide bonds. The maximum Gasteiger partial charge on any atom is 0.416 e. The van der Waals surface area contributed by atoms with Crippen LogP contribution in [0.2, 0.25) is 0 Å². The molecule has 0 aromatic heterocycles. The maximum atomic E-state index is 12.7. The van der Waals surface area contributed by atoms with Crippen LogP contribution in [-0.2, 0) is 6.18 Å². The second kappa shape index (κ2) is 6.51. The van der Waals surface area contributed by atoms with Crippen LogP contribution >= 0.6 is 0 Å². The van der Waals surface area contributed by atoms with Crippen molar-refractivity contribution in [3.05, 3.63) is 59.7 Å². The fourth-order valence-corrected chi connectivity index (χ4v) is 1.84. The van der Waals surface area contributed by atoms with Gasteiger partial charge in [-0.2, -0.15) is 13.2 Å². The number of amides is 1. The normalized spacial score (nSPS) is 11.1. The van der Waals surface area contributed by atoms with Gasteiger partial charge in [-0.25, -0.2) is 0 Å². The molecule has 0 saturated carbocycles. The summed E-state index contributed by atoms with van der Waals surface area (Å²) in [6.07, 6.45) is -4.43. The zero-order valence-electron chi connectivity index (χ0n) is 11.8. The van der Waals surface area contributed by atoms with Gasteiger partial charge < -0.3 is 10.1 Å². The molecule has 2 aromatic carbocycles. The summed E-state index contributed by atoms with van der Waals surface area (Å²) in [5.41, 5.74) is -0.406. The number of carbonyl (C=O) groups is 1. The second-order valence-electron chi connectivity index (χ2n) is 4.51. The van der Waals surface area contributed by atoms with Crippen molar-refractivity contribution in [3.63, 3.8) is 0 Å². The summed E-state index contributed by atoms with van der Waals surface area (Å²) in [4.78, 5) is 11.7. The Hall–Kier alpha value is -2.50. The minimum absolute atomic E-state index is 0.0582. The molecule has 0 aliphatic carbocycles.